The Morgan fingerprint density at radius 2 is 2.42 bits per heavy atom. The zero-order chi connectivity index (χ0) is 13.8. The van der Waals surface area contributed by atoms with E-state index in [0.717, 1.165) is 0 Å². The Labute approximate surface area is 108 Å². The monoisotopic (exact) mass is 264 g/mol. The van der Waals surface area contributed by atoms with Gasteiger partial charge in [0.05, 0.1) is 12.8 Å². The topological polar surface area (TPSA) is 103 Å². The lowest BCUT2D eigenvalue weighted by Crippen LogP contribution is -2.27. The van der Waals surface area contributed by atoms with Gasteiger partial charge in [-0.15, -0.1) is 0 Å². The molecule has 0 saturated heterocycles. The summed E-state index contributed by atoms with van der Waals surface area (Å²) in [5, 5.41) is 13.2. The third-order valence-electron chi connectivity index (χ3n) is 2.50. The second kappa shape index (κ2) is 5.34. The number of nitro groups is 1. The van der Waals surface area contributed by atoms with E-state index in [1.54, 1.807) is 19.1 Å². The molecule has 1 amide bonds. The van der Waals surface area contributed by atoms with Gasteiger partial charge < -0.3 is 19.8 Å². The summed E-state index contributed by atoms with van der Waals surface area (Å²) in [5.74, 6) is 0.518. The fourth-order valence-electron chi connectivity index (χ4n) is 1.55. The van der Waals surface area contributed by atoms with E-state index in [1.165, 1.54) is 17.0 Å². The number of nitrogens with one attached hydrogen (secondary N) is 1. The van der Waals surface area contributed by atoms with Crippen LogP contribution >= 0.6 is 0 Å². The quantitative estimate of drug-likeness (QED) is 0.641. The van der Waals surface area contributed by atoms with Crippen LogP contribution in [0, 0.1) is 17.0 Å². The molecule has 0 aliphatic rings. The maximum absolute atomic E-state index is 11.7. The van der Waals surface area contributed by atoms with Gasteiger partial charge >= 0.3 is 5.82 Å². The molecule has 0 radical (unpaired) electrons. The minimum Gasteiger partial charge on any atom is -0.467 e. The average molecular weight is 264 g/mol. The number of rotatable bonds is 5. The van der Waals surface area contributed by atoms with Crippen molar-refractivity contribution in [1.29, 1.82) is 0 Å². The summed E-state index contributed by atoms with van der Waals surface area (Å²) in [6, 6.07) is 3.47. The fraction of sp³-hybridized carbons (Fsp3) is 0.273. The highest BCUT2D eigenvalue weighted by molar-refractivity contribution is 5.75. The molecule has 0 spiro atoms. The standard InChI is InChI=1S/C11H12N4O4/c1-8-13-10(15(17)18)6-14(8)7-11(16)12-5-9-3-2-4-19-9/h2-4,6H,5,7H2,1H3,(H,12,16). The van der Waals surface area contributed by atoms with Gasteiger partial charge in [0, 0.05) is 6.92 Å². The van der Waals surface area contributed by atoms with Gasteiger partial charge in [0.15, 0.2) is 0 Å². The molecule has 0 saturated carbocycles. The zero-order valence-electron chi connectivity index (χ0n) is 10.2. The average Bonchev–Trinajstić information content (AvgIpc) is 2.97. The van der Waals surface area contributed by atoms with Gasteiger partial charge in [-0.05, 0) is 22.0 Å². The van der Waals surface area contributed by atoms with Crippen molar-refractivity contribution in [2.75, 3.05) is 0 Å². The molecule has 19 heavy (non-hydrogen) atoms. The van der Waals surface area contributed by atoms with Crippen LogP contribution in [-0.4, -0.2) is 20.4 Å². The summed E-state index contributed by atoms with van der Waals surface area (Å²) in [5.41, 5.74) is 0. The lowest BCUT2D eigenvalue weighted by atomic mass is 10.4. The summed E-state index contributed by atoms with van der Waals surface area (Å²) in [6.45, 7) is 1.86. The van der Waals surface area contributed by atoms with Crippen molar-refractivity contribution < 1.29 is 14.1 Å². The van der Waals surface area contributed by atoms with E-state index in [0.29, 0.717) is 11.6 Å². The molecule has 0 atom stereocenters. The van der Waals surface area contributed by atoms with Crippen LogP contribution in [0.1, 0.15) is 11.6 Å². The van der Waals surface area contributed by atoms with E-state index in [-0.39, 0.29) is 24.8 Å². The van der Waals surface area contributed by atoms with Crippen LogP contribution in [0.2, 0.25) is 0 Å². The first-order valence-corrected chi connectivity index (χ1v) is 5.53. The molecule has 0 bridgehead atoms. The van der Waals surface area contributed by atoms with E-state index in [9.17, 15) is 14.9 Å². The van der Waals surface area contributed by atoms with Gasteiger partial charge in [-0.1, -0.05) is 0 Å². The fourth-order valence-corrected chi connectivity index (χ4v) is 1.55. The molecule has 100 valence electrons. The number of hydrogen-bond acceptors (Lipinski definition) is 5. The Hall–Kier alpha value is -2.64. The highest BCUT2D eigenvalue weighted by atomic mass is 16.6. The molecule has 8 nitrogen and oxygen atoms in total. The molecule has 0 aliphatic carbocycles. The predicted octanol–water partition coefficient (Wildman–Crippen LogP) is 1.01. The van der Waals surface area contributed by atoms with Crippen LogP contribution in [-0.2, 0) is 17.9 Å². The second-order valence-corrected chi connectivity index (χ2v) is 3.89. The van der Waals surface area contributed by atoms with Gasteiger partial charge in [-0.2, -0.15) is 0 Å². The zero-order valence-corrected chi connectivity index (χ0v) is 10.2. The summed E-state index contributed by atoms with van der Waals surface area (Å²) < 4.78 is 6.50. The Balaban J connectivity index is 1.93. The van der Waals surface area contributed by atoms with Crippen molar-refractivity contribution in [2.24, 2.45) is 0 Å². The lowest BCUT2D eigenvalue weighted by Gasteiger charge is -2.03. The maximum atomic E-state index is 11.7. The van der Waals surface area contributed by atoms with E-state index in [4.69, 9.17) is 4.42 Å². The Morgan fingerprint density at radius 3 is 3.00 bits per heavy atom. The van der Waals surface area contributed by atoms with Gasteiger partial charge in [0.2, 0.25) is 11.7 Å². The first-order chi connectivity index (χ1) is 9.06. The minimum atomic E-state index is -0.593. The van der Waals surface area contributed by atoms with Crippen LogP contribution in [0.25, 0.3) is 0 Å². The number of carbonyl (C=O) groups is 1. The van der Waals surface area contributed by atoms with Crippen LogP contribution in [0.5, 0.6) is 0 Å². The highest BCUT2D eigenvalue weighted by Gasteiger charge is 2.16. The van der Waals surface area contributed by atoms with Crippen LogP contribution < -0.4 is 5.32 Å². The highest BCUT2D eigenvalue weighted by Crippen LogP contribution is 2.09. The van der Waals surface area contributed by atoms with Crippen molar-refractivity contribution in [3.8, 4) is 0 Å². The van der Waals surface area contributed by atoms with Crippen molar-refractivity contribution in [2.45, 2.75) is 20.0 Å². The summed E-state index contributed by atoms with van der Waals surface area (Å²) in [7, 11) is 0. The van der Waals surface area contributed by atoms with Gasteiger partial charge in [-0.25, -0.2) is 0 Å². The molecule has 0 aromatic carbocycles. The normalized spacial score (nSPS) is 10.4. The van der Waals surface area contributed by atoms with E-state index < -0.39 is 4.92 Å². The second-order valence-electron chi connectivity index (χ2n) is 3.89. The Kier molecular flexibility index (Phi) is 3.60. The van der Waals surface area contributed by atoms with Gasteiger partial charge in [0.25, 0.3) is 0 Å². The molecule has 2 rings (SSSR count). The Morgan fingerprint density at radius 1 is 1.63 bits per heavy atom. The Bertz CT molecular complexity index is 588. The maximum Gasteiger partial charge on any atom is 0.381 e. The third-order valence-corrected chi connectivity index (χ3v) is 2.50. The molecule has 2 aromatic rings. The van der Waals surface area contributed by atoms with Gasteiger partial charge in [-0.3, -0.25) is 9.36 Å². The van der Waals surface area contributed by atoms with E-state index in [1.807, 2.05) is 0 Å². The lowest BCUT2D eigenvalue weighted by molar-refractivity contribution is -0.389. The van der Waals surface area contributed by atoms with Crippen molar-refractivity contribution in [3.05, 3.63) is 46.3 Å². The number of amides is 1. The van der Waals surface area contributed by atoms with Crippen molar-refractivity contribution >= 4 is 11.7 Å². The summed E-state index contributed by atoms with van der Waals surface area (Å²) in [4.78, 5) is 25.4. The molecule has 0 fully saturated rings. The van der Waals surface area contributed by atoms with Gasteiger partial charge in [0.1, 0.15) is 18.5 Å². The first-order valence-electron chi connectivity index (χ1n) is 5.53. The number of furan rings is 1. The number of carbonyl (C=O) groups excluding carboxylic acids is 1. The molecule has 2 aromatic heterocycles. The molecule has 2 heterocycles. The van der Waals surface area contributed by atoms with Crippen molar-refractivity contribution in [3.63, 3.8) is 0 Å². The molecule has 0 unspecified atom stereocenters. The number of nitrogens with zero attached hydrogens (tertiary/aromatic N) is 3. The minimum absolute atomic E-state index is 0.0205. The predicted molar refractivity (Wildman–Crippen MR) is 64.2 cm³/mol. The first kappa shape index (κ1) is 12.8. The largest absolute Gasteiger partial charge is 0.467 e. The molecule has 0 aliphatic heterocycles. The number of imidazole rings is 1. The van der Waals surface area contributed by atoms with Crippen molar-refractivity contribution in [1.82, 2.24) is 14.9 Å². The number of hydrogen-bond donors (Lipinski definition) is 1. The molecule has 8 heteroatoms. The van der Waals surface area contributed by atoms with E-state index >= 15 is 0 Å². The van der Waals surface area contributed by atoms with Crippen LogP contribution in [0.15, 0.2) is 29.0 Å². The molecular formula is C11H12N4O4. The number of aryl methyl sites for hydroxylation is 1. The van der Waals surface area contributed by atoms with Crippen LogP contribution in [0.4, 0.5) is 5.82 Å². The van der Waals surface area contributed by atoms with E-state index in [2.05, 4.69) is 10.3 Å². The third kappa shape index (κ3) is 3.18. The van der Waals surface area contributed by atoms with Crippen LogP contribution in [0.3, 0.4) is 0 Å². The number of aromatic nitrogens is 2. The molecule has 1 N–H and O–H groups in total. The SMILES string of the molecule is Cc1nc([N+](=O)[O-])cn1CC(=O)NCc1ccco1. The molecular weight excluding hydrogens is 252 g/mol. The summed E-state index contributed by atoms with van der Waals surface area (Å²) in [6.07, 6.45) is 2.76. The smallest absolute Gasteiger partial charge is 0.381 e. The summed E-state index contributed by atoms with van der Waals surface area (Å²) >= 11 is 0.